The Labute approximate surface area is 155 Å². The van der Waals surface area contributed by atoms with Crippen molar-refractivity contribution in [2.24, 2.45) is 5.92 Å². The zero-order chi connectivity index (χ0) is 19.0. The lowest BCUT2D eigenvalue weighted by Gasteiger charge is -2.32. The highest BCUT2D eigenvalue weighted by molar-refractivity contribution is 7.86. The fraction of sp³-hybridized carbons (Fsp3) is 0.588. The first-order chi connectivity index (χ1) is 12.4. The molecule has 0 unspecified atom stereocenters. The van der Waals surface area contributed by atoms with Crippen molar-refractivity contribution in [2.75, 3.05) is 46.9 Å². The van der Waals surface area contributed by atoms with Gasteiger partial charge in [-0.15, -0.1) is 0 Å². The van der Waals surface area contributed by atoms with Crippen LogP contribution in [-0.2, 0) is 10.2 Å². The van der Waals surface area contributed by atoms with Gasteiger partial charge in [-0.25, -0.2) is 4.79 Å². The smallest absolute Gasteiger partial charge is 0.314 e. The molecule has 0 radical (unpaired) electrons. The van der Waals surface area contributed by atoms with E-state index in [1.54, 1.807) is 0 Å². The molecule has 0 aromatic heterocycles. The van der Waals surface area contributed by atoms with Crippen LogP contribution in [0.15, 0.2) is 30.3 Å². The summed E-state index contributed by atoms with van der Waals surface area (Å²) in [5, 5.41) is 5.60. The third-order valence-electron chi connectivity index (χ3n) is 4.31. The van der Waals surface area contributed by atoms with Crippen molar-refractivity contribution < 1.29 is 17.9 Å². The van der Waals surface area contributed by atoms with E-state index in [2.05, 4.69) is 10.6 Å². The van der Waals surface area contributed by atoms with Gasteiger partial charge in [-0.05, 0) is 30.9 Å². The lowest BCUT2D eigenvalue weighted by atomic mass is 9.98. The second kappa shape index (κ2) is 9.75. The minimum Gasteiger partial charge on any atom is -0.492 e. The number of rotatable bonds is 8. The summed E-state index contributed by atoms with van der Waals surface area (Å²) in [4.78, 5) is 11.8. The standard InChI is InChI=1S/C17H28N4O4S/c1-20(2)26(23,24)21-11-8-15(9-12-21)14-19-17(22)18-10-13-25-16-6-4-3-5-7-16/h3-7,15H,8-14H2,1-2H3,(H2,18,19,22). The largest absolute Gasteiger partial charge is 0.492 e. The molecule has 8 nitrogen and oxygen atoms in total. The van der Waals surface area contributed by atoms with Crippen LogP contribution in [0.2, 0.25) is 0 Å². The highest BCUT2D eigenvalue weighted by atomic mass is 32.2. The fourth-order valence-electron chi connectivity index (χ4n) is 2.72. The normalized spacial score (nSPS) is 16.4. The number of piperidine rings is 1. The van der Waals surface area contributed by atoms with Crippen LogP contribution in [-0.4, -0.2) is 69.9 Å². The summed E-state index contributed by atoms with van der Waals surface area (Å²) in [6.07, 6.45) is 1.48. The molecule has 0 spiro atoms. The van der Waals surface area contributed by atoms with E-state index in [0.29, 0.717) is 32.8 Å². The molecule has 146 valence electrons. The molecule has 1 aromatic carbocycles. The van der Waals surface area contributed by atoms with Gasteiger partial charge in [0, 0.05) is 33.7 Å². The van der Waals surface area contributed by atoms with Gasteiger partial charge in [-0.3, -0.25) is 0 Å². The van der Waals surface area contributed by atoms with E-state index < -0.39 is 10.2 Å². The second-order valence-corrected chi connectivity index (χ2v) is 8.57. The molecule has 2 N–H and O–H groups in total. The summed E-state index contributed by atoms with van der Waals surface area (Å²) in [6, 6.07) is 9.20. The van der Waals surface area contributed by atoms with Crippen LogP contribution in [0.3, 0.4) is 0 Å². The Morgan fingerprint density at radius 2 is 1.85 bits per heavy atom. The van der Waals surface area contributed by atoms with Gasteiger partial charge in [0.25, 0.3) is 10.2 Å². The molecule has 1 aliphatic heterocycles. The predicted molar refractivity (Wildman–Crippen MR) is 100 cm³/mol. The van der Waals surface area contributed by atoms with Crippen LogP contribution in [0.1, 0.15) is 12.8 Å². The van der Waals surface area contributed by atoms with Gasteiger partial charge < -0.3 is 15.4 Å². The fourth-order valence-corrected chi connectivity index (χ4v) is 3.86. The highest BCUT2D eigenvalue weighted by Crippen LogP contribution is 2.19. The van der Waals surface area contributed by atoms with Crippen molar-refractivity contribution in [1.29, 1.82) is 0 Å². The number of carbonyl (C=O) groups is 1. The molecule has 0 saturated carbocycles. The lowest BCUT2D eigenvalue weighted by molar-refractivity contribution is 0.226. The summed E-state index contributed by atoms with van der Waals surface area (Å²) in [6.45, 7) is 2.33. The Kier molecular flexibility index (Phi) is 7.67. The van der Waals surface area contributed by atoms with E-state index >= 15 is 0 Å². The van der Waals surface area contributed by atoms with E-state index in [1.807, 2.05) is 30.3 Å². The maximum absolute atomic E-state index is 12.1. The Balaban J connectivity index is 1.59. The molecule has 1 heterocycles. The van der Waals surface area contributed by atoms with Gasteiger partial charge in [0.1, 0.15) is 12.4 Å². The Hall–Kier alpha value is -1.84. The molecule has 2 amide bonds. The number of para-hydroxylation sites is 1. The van der Waals surface area contributed by atoms with Gasteiger partial charge in [-0.2, -0.15) is 17.0 Å². The number of nitrogens with one attached hydrogen (secondary N) is 2. The average Bonchev–Trinajstić information content (AvgIpc) is 2.64. The molecule has 2 rings (SSSR count). The first-order valence-corrected chi connectivity index (χ1v) is 10.2. The van der Waals surface area contributed by atoms with Crippen molar-refractivity contribution >= 4 is 16.2 Å². The van der Waals surface area contributed by atoms with Crippen molar-refractivity contribution in [2.45, 2.75) is 12.8 Å². The zero-order valence-electron chi connectivity index (χ0n) is 15.3. The second-order valence-electron chi connectivity index (χ2n) is 6.43. The predicted octanol–water partition coefficient (Wildman–Crippen LogP) is 0.883. The van der Waals surface area contributed by atoms with E-state index in [1.165, 1.54) is 22.7 Å². The van der Waals surface area contributed by atoms with Crippen molar-refractivity contribution in [3.05, 3.63) is 30.3 Å². The van der Waals surface area contributed by atoms with Crippen LogP contribution < -0.4 is 15.4 Å². The van der Waals surface area contributed by atoms with Gasteiger partial charge >= 0.3 is 6.03 Å². The van der Waals surface area contributed by atoms with Gasteiger partial charge in [0.2, 0.25) is 0 Å². The van der Waals surface area contributed by atoms with Gasteiger partial charge in [-0.1, -0.05) is 18.2 Å². The van der Waals surface area contributed by atoms with Crippen LogP contribution in [0.4, 0.5) is 4.79 Å². The van der Waals surface area contributed by atoms with Crippen LogP contribution in [0, 0.1) is 5.92 Å². The van der Waals surface area contributed by atoms with Crippen LogP contribution >= 0.6 is 0 Å². The Morgan fingerprint density at radius 1 is 1.19 bits per heavy atom. The summed E-state index contributed by atoms with van der Waals surface area (Å²) in [5.41, 5.74) is 0. The highest BCUT2D eigenvalue weighted by Gasteiger charge is 2.29. The minimum absolute atomic E-state index is 0.231. The quantitative estimate of drug-likeness (QED) is 0.651. The number of ether oxygens (including phenoxy) is 1. The minimum atomic E-state index is -3.34. The molecule has 9 heteroatoms. The van der Waals surface area contributed by atoms with Crippen molar-refractivity contribution in [3.8, 4) is 5.75 Å². The molecule has 1 saturated heterocycles. The molecular formula is C17H28N4O4S. The molecule has 1 fully saturated rings. The van der Waals surface area contributed by atoms with Gasteiger partial charge in [0.05, 0.1) is 6.54 Å². The molecular weight excluding hydrogens is 356 g/mol. The number of nitrogens with zero attached hydrogens (tertiary/aromatic N) is 2. The summed E-state index contributed by atoms with van der Waals surface area (Å²) < 4.78 is 32.4. The maximum Gasteiger partial charge on any atom is 0.314 e. The molecule has 26 heavy (non-hydrogen) atoms. The zero-order valence-corrected chi connectivity index (χ0v) is 16.2. The maximum atomic E-state index is 12.1. The van der Waals surface area contributed by atoms with Crippen molar-refractivity contribution in [1.82, 2.24) is 19.2 Å². The van der Waals surface area contributed by atoms with Crippen LogP contribution in [0.5, 0.6) is 5.75 Å². The molecule has 0 atom stereocenters. The first kappa shape index (κ1) is 20.5. The third-order valence-corrected chi connectivity index (χ3v) is 6.25. The third kappa shape index (κ3) is 6.15. The number of urea groups is 1. The number of carbonyl (C=O) groups excluding carboxylic acids is 1. The van der Waals surface area contributed by atoms with E-state index in [-0.39, 0.29) is 11.9 Å². The summed E-state index contributed by atoms with van der Waals surface area (Å²) in [5.74, 6) is 1.06. The average molecular weight is 385 g/mol. The number of amides is 2. The Morgan fingerprint density at radius 3 is 2.46 bits per heavy atom. The van der Waals surface area contributed by atoms with E-state index in [9.17, 15) is 13.2 Å². The first-order valence-electron chi connectivity index (χ1n) is 8.76. The topological polar surface area (TPSA) is 91.0 Å². The van der Waals surface area contributed by atoms with Gasteiger partial charge in [0.15, 0.2) is 0 Å². The van der Waals surface area contributed by atoms with Crippen LogP contribution in [0.25, 0.3) is 0 Å². The monoisotopic (exact) mass is 384 g/mol. The molecule has 0 bridgehead atoms. The van der Waals surface area contributed by atoms with Crippen molar-refractivity contribution in [3.63, 3.8) is 0 Å². The molecule has 0 aliphatic carbocycles. The lowest BCUT2D eigenvalue weighted by Crippen LogP contribution is -2.46. The van der Waals surface area contributed by atoms with E-state index in [0.717, 1.165) is 18.6 Å². The molecule has 1 aliphatic rings. The SMILES string of the molecule is CN(C)S(=O)(=O)N1CCC(CNC(=O)NCCOc2ccccc2)CC1. The van der Waals surface area contributed by atoms with E-state index in [4.69, 9.17) is 4.74 Å². The molecule has 1 aromatic rings. The number of hydrogen-bond donors (Lipinski definition) is 2. The summed E-state index contributed by atoms with van der Waals surface area (Å²) >= 11 is 0. The Bertz CT molecular complexity index is 659. The summed E-state index contributed by atoms with van der Waals surface area (Å²) in [7, 11) is -0.266. The number of benzene rings is 1. The number of hydrogen-bond acceptors (Lipinski definition) is 4.